The molecule has 0 aliphatic carbocycles. The second kappa shape index (κ2) is 6.18. The maximum atomic E-state index is 12.3. The largest absolute Gasteiger partial charge is 0.454 e. The molecule has 6 nitrogen and oxygen atoms in total. The molecule has 118 valence electrons. The van der Waals surface area contributed by atoms with Gasteiger partial charge in [0.2, 0.25) is 13.2 Å². The Morgan fingerprint density at radius 1 is 1.22 bits per heavy atom. The number of benzene rings is 2. The van der Waals surface area contributed by atoms with E-state index in [2.05, 4.69) is 5.32 Å². The Kier molecular flexibility index (Phi) is 4.08. The van der Waals surface area contributed by atoms with Crippen LogP contribution in [0.15, 0.2) is 36.4 Å². The van der Waals surface area contributed by atoms with Crippen molar-refractivity contribution < 1.29 is 19.1 Å². The van der Waals surface area contributed by atoms with Gasteiger partial charge in [0, 0.05) is 16.8 Å². The van der Waals surface area contributed by atoms with Gasteiger partial charge in [0.15, 0.2) is 11.5 Å². The zero-order valence-electron chi connectivity index (χ0n) is 12.2. The second-order valence-electron chi connectivity index (χ2n) is 4.91. The summed E-state index contributed by atoms with van der Waals surface area (Å²) >= 11 is 6.04. The molecule has 0 atom stereocenters. The predicted molar refractivity (Wildman–Crippen MR) is 86.3 cm³/mol. The third kappa shape index (κ3) is 3.07. The number of nitrogens with one attached hydrogen (secondary N) is 1. The number of nitrogens with zero attached hydrogens (tertiary/aromatic N) is 1. The fraction of sp³-hybridized carbons (Fsp3) is 0.125. The van der Waals surface area contributed by atoms with E-state index in [0.29, 0.717) is 34.3 Å². The fourth-order valence-corrected chi connectivity index (χ4v) is 2.29. The number of urea groups is 1. The second-order valence-corrected chi connectivity index (χ2v) is 5.31. The van der Waals surface area contributed by atoms with Crippen molar-refractivity contribution in [1.82, 2.24) is 0 Å². The minimum atomic E-state index is -0.598. The van der Waals surface area contributed by atoms with Gasteiger partial charge >= 0.3 is 6.03 Å². The summed E-state index contributed by atoms with van der Waals surface area (Å²) in [6, 6.07) is 9.33. The highest BCUT2D eigenvalue weighted by Gasteiger charge is 2.18. The van der Waals surface area contributed by atoms with E-state index >= 15 is 0 Å². The van der Waals surface area contributed by atoms with Crippen LogP contribution in [0.2, 0.25) is 5.02 Å². The monoisotopic (exact) mass is 332 g/mol. The van der Waals surface area contributed by atoms with Crippen LogP contribution in [0.3, 0.4) is 0 Å². The fourth-order valence-electron chi connectivity index (χ4n) is 2.12. The maximum absolute atomic E-state index is 12.3. The minimum absolute atomic E-state index is 0.148. The summed E-state index contributed by atoms with van der Waals surface area (Å²) < 4.78 is 10.5. The zero-order chi connectivity index (χ0) is 16.4. The number of carbonyl (C=O) groups excluding carboxylic acids is 2. The van der Waals surface area contributed by atoms with E-state index in [9.17, 15) is 9.59 Å². The van der Waals surface area contributed by atoms with Crippen LogP contribution in [0.25, 0.3) is 0 Å². The summed E-state index contributed by atoms with van der Waals surface area (Å²) in [7, 11) is 0. The minimum Gasteiger partial charge on any atom is -0.454 e. The van der Waals surface area contributed by atoms with E-state index in [1.807, 2.05) is 6.92 Å². The first-order valence-electron chi connectivity index (χ1n) is 6.80. The number of hydrogen-bond acceptors (Lipinski definition) is 4. The maximum Gasteiger partial charge on any atom is 0.332 e. The molecule has 0 saturated heterocycles. The first kappa shape index (κ1) is 15.2. The Morgan fingerprint density at radius 3 is 2.74 bits per heavy atom. The topological polar surface area (TPSA) is 67.9 Å². The molecular formula is C16H13ClN2O4. The van der Waals surface area contributed by atoms with Crippen LogP contribution in [0.5, 0.6) is 11.5 Å². The normalized spacial score (nSPS) is 11.9. The Bertz CT molecular complexity index is 779. The zero-order valence-corrected chi connectivity index (χ0v) is 13.0. The summed E-state index contributed by atoms with van der Waals surface area (Å²) in [5.41, 5.74) is 1.73. The number of aryl methyl sites for hydroxylation is 1. The number of hydrogen-bond donors (Lipinski definition) is 1. The summed E-state index contributed by atoms with van der Waals surface area (Å²) in [4.78, 5) is 24.5. The predicted octanol–water partition coefficient (Wildman–Crippen LogP) is 3.57. The van der Waals surface area contributed by atoms with Gasteiger partial charge in [-0.25, -0.2) is 9.69 Å². The first-order valence-corrected chi connectivity index (χ1v) is 7.17. The van der Waals surface area contributed by atoms with Gasteiger partial charge in [-0.05, 0) is 36.8 Å². The van der Waals surface area contributed by atoms with Crippen LogP contribution in [-0.2, 0) is 4.79 Å². The van der Waals surface area contributed by atoms with E-state index in [-0.39, 0.29) is 6.79 Å². The highest BCUT2D eigenvalue weighted by Crippen LogP contribution is 2.34. The Morgan fingerprint density at radius 2 is 2.00 bits per heavy atom. The lowest BCUT2D eigenvalue weighted by atomic mass is 10.2. The quantitative estimate of drug-likeness (QED) is 0.872. The summed E-state index contributed by atoms with van der Waals surface area (Å²) in [5, 5.41) is 3.11. The summed E-state index contributed by atoms with van der Waals surface area (Å²) in [6.45, 7) is 1.99. The molecule has 2 aromatic rings. The molecule has 3 amide bonds. The molecule has 1 heterocycles. The van der Waals surface area contributed by atoms with Crippen molar-refractivity contribution in [3.8, 4) is 11.5 Å². The van der Waals surface area contributed by atoms with Crippen LogP contribution >= 0.6 is 11.6 Å². The number of anilines is 2. The van der Waals surface area contributed by atoms with Crippen molar-refractivity contribution in [1.29, 1.82) is 0 Å². The molecule has 0 spiro atoms. The first-order chi connectivity index (χ1) is 11.1. The van der Waals surface area contributed by atoms with E-state index in [4.69, 9.17) is 21.1 Å². The van der Waals surface area contributed by atoms with Gasteiger partial charge in [0.1, 0.15) is 0 Å². The molecule has 1 aliphatic rings. The van der Waals surface area contributed by atoms with Crippen molar-refractivity contribution in [2.75, 3.05) is 17.0 Å². The molecule has 1 N–H and O–H groups in total. The van der Waals surface area contributed by atoms with Gasteiger partial charge < -0.3 is 14.8 Å². The average molecular weight is 333 g/mol. The molecule has 0 radical (unpaired) electrons. The van der Waals surface area contributed by atoms with Crippen LogP contribution in [-0.4, -0.2) is 19.2 Å². The summed E-state index contributed by atoms with van der Waals surface area (Å²) in [5.74, 6) is 1.15. The number of rotatable bonds is 3. The third-order valence-corrected chi connectivity index (χ3v) is 3.79. The van der Waals surface area contributed by atoms with Crippen molar-refractivity contribution in [2.24, 2.45) is 0 Å². The van der Waals surface area contributed by atoms with Gasteiger partial charge in [-0.3, -0.25) is 4.79 Å². The number of amides is 3. The molecule has 7 heteroatoms. The Balaban J connectivity index is 1.80. The van der Waals surface area contributed by atoms with Gasteiger partial charge in [-0.2, -0.15) is 0 Å². The molecule has 3 rings (SSSR count). The SMILES string of the molecule is Cc1ccc(N(C=O)C(=O)Nc2ccc3c(c2)OCO3)cc1Cl. The highest BCUT2D eigenvalue weighted by molar-refractivity contribution is 6.31. The molecule has 0 unspecified atom stereocenters. The lowest BCUT2D eigenvalue weighted by Crippen LogP contribution is -2.33. The molecule has 0 aromatic heterocycles. The van der Waals surface area contributed by atoms with Crippen LogP contribution in [0.4, 0.5) is 16.2 Å². The molecule has 0 saturated carbocycles. The number of ether oxygens (including phenoxy) is 2. The highest BCUT2D eigenvalue weighted by atomic mass is 35.5. The third-order valence-electron chi connectivity index (χ3n) is 3.38. The van der Waals surface area contributed by atoms with Crippen LogP contribution in [0.1, 0.15) is 5.56 Å². The summed E-state index contributed by atoms with van der Waals surface area (Å²) in [6.07, 6.45) is 0.434. The van der Waals surface area contributed by atoms with Crippen LogP contribution in [0, 0.1) is 6.92 Å². The average Bonchev–Trinajstić information content (AvgIpc) is 2.99. The molecule has 2 aromatic carbocycles. The molecular weight excluding hydrogens is 320 g/mol. The van der Waals surface area contributed by atoms with Crippen LogP contribution < -0.4 is 19.7 Å². The number of halogens is 1. The Labute approximate surface area is 137 Å². The van der Waals surface area contributed by atoms with E-state index in [1.165, 1.54) is 0 Å². The standard InChI is InChI=1S/C16H13ClN2O4/c1-10-2-4-12(7-13(10)17)19(8-20)16(21)18-11-3-5-14-15(6-11)23-9-22-14/h2-8H,9H2,1H3,(H,18,21). The van der Waals surface area contributed by atoms with E-state index < -0.39 is 6.03 Å². The van der Waals surface area contributed by atoms with Crippen molar-refractivity contribution in [2.45, 2.75) is 6.92 Å². The smallest absolute Gasteiger partial charge is 0.332 e. The molecule has 0 fully saturated rings. The number of carbonyl (C=O) groups is 2. The number of imide groups is 1. The van der Waals surface area contributed by atoms with E-state index in [0.717, 1.165) is 10.5 Å². The molecule has 1 aliphatic heterocycles. The number of fused-ring (bicyclic) bond motifs is 1. The molecule has 23 heavy (non-hydrogen) atoms. The lowest BCUT2D eigenvalue weighted by molar-refractivity contribution is -0.106. The lowest BCUT2D eigenvalue weighted by Gasteiger charge is -2.17. The van der Waals surface area contributed by atoms with Gasteiger partial charge in [-0.15, -0.1) is 0 Å². The van der Waals surface area contributed by atoms with Gasteiger partial charge in [-0.1, -0.05) is 17.7 Å². The van der Waals surface area contributed by atoms with Crippen molar-refractivity contribution in [3.05, 3.63) is 47.0 Å². The Hall–Kier alpha value is -2.73. The van der Waals surface area contributed by atoms with Gasteiger partial charge in [0.05, 0.1) is 5.69 Å². The molecule has 0 bridgehead atoms. The van der Waals surface area contributed by atoms with Gasteiger partial charge in [0.25, 0.3) is 0 Å². The van der Waals surface area contributed by atoms with Crippen molar-refractivity contribution >= 4 is 35.4 Å². The van der Waals surface area contributed by atoms with E-state index in [1.54, 1.807) is 36.4 Å². The van der Waals surface area contributed by atoms with Crippen molar-refractivity contribution in [3.63, 3.8) is 0 Å².